The number of hydrogen-bond acceptors (Lipinski definition) is 3. The predicted molar refractivity (Wildman–Crippen MR) is 241 cm³/mol. The van der Waals surface area contributed by atoms with Gasteiger partial charge in [0.05, 0.1) is 16.1 Å². The predicted octanol–water partition coefficient (Wildman–Crippen LogP) is 16.0. The first-order chi connectivity index (χ1) is 27.3. The molecule has 1 nitrogen and oxygen atoms in total. The molecule has 3 heteroatoms. The second-order valence-electron chi connectivity index (χ2n) is 14.0. The smallest absolute Gasteiger partial charge is 0.0640 e. The third kappa shape index (κ3) is 5.35. The molecule has 0 spiro atoms. The molecule has 55 heavy (non-hydrogen) atoms. The van der Waals surface area contributed by atoms with Gasteiger partial charge >= 0.3 is 0 Å². The van der Waals surface area contributed by atoms with Crippen LogP contribution >= 0.6 is 22.7 Å². The summed E-state index contributed by atoms with van der Waals surface area (Å²) in [6, 6.07) is 73.5. The lowest BCUT2D eigenvalue weighted by molar-refractivity contribution is 1.30. The van der Waals surface area contributed by atoms with Gasteiger partial charge in [0.2, 0.25) is 0 Å². The molecular formula is C52H33NS2. The normalized spacial score (nSPS) is 11.6. The lowest BCUT2D eigenvalue weighted by atomic mass is 9.91. The van der Waals surface area contributed by atoms with Crippen LogP contribution in [0.4, 0.5) is 17.1 Å². The molecule has 0 aliphatic rings. The van der Waals surface area contributed by atoms with Crippen molar-refractivity contribution in [2.45, 2.75) is 0 Å². The van der Waals surface area contributed by atoms with Crippen molar-refractivity contribution in [3.63, 3.8) is 0 Å². The topological polar surface area (TPSA) is 3.24 Å². The molecule has 0 N–H and O–H groups in total. The molecule has 0 radical (unpaired) electrons. The number of hydrogen-bond donors (Lipinski definition) is 0. The van der Waals surface area contributed by atoms with Gasteiger partial charge in [-0.1, -0.05) is 152 Å². The van der Waals surface area contributed by atoms with Crippen molar-refractivity contribution in [3.05, 3.63) is 200 Å². The number of benzene rings is 9. The van der Waals surface area contributed by atoms with Gasteiger partial charge in [-0.2, -0.15) is 0 Å². The molecular weight excluding hydrogens is 703 g/mol. The van der Waals surface area contributed by atoms with Crippen LogP contribution in [0.3, 0.4) is 0 Å². The van der Waals surface area contributed by atoms with E-state index in [-0.39, 0.29) is 0 Å². The summed E-state index contributed by atoms with van der Waals surface area (Å²) in [5, 5.41) is 7.78. The van der Waals surface area contributed by atoms with Crippen LogP contribution in [0.15, 0.2) is 200 Å². The molecule has 258 valence electrons. The molecule has 11 aromatic rings. The van der Waals surface area contributed by atoms with Gasteiger partial charge < -0.3 is 4.90 Å². The number of anilines is 3. The zero-order valence-electron chi connectivity index (χ0n) is 29.8. The van der Waals surface area contributed by atoms with Crippen molar-refractivity contribution < 1.29 is 0 Å². The van der Waals surface area contributed by atoms with Crippen molar-refractivity contribution in [3.8, 4) is 33.4 Å². The summed E-state index contributed by atoms with van der Waals surface area (Å²) in [7, 11) is 0. The molecule has 0 saturated carbocycles. The van der Waals surface area contributed by atoms with E-state index in [9.17, 15) is 0 Å². The summed E-state index contributed by atoms with van der Waals surface area (Å²) in [6.07, 6.45) is 0. The maximum Gasteiger partial charge on any atom is 0.0640 e. The molecule has 0 atom stereocenters. The van der Waals surface area contributed by atoms with E-state index in [1.54, 1.807) is 0 Å². The van der Waals surface area contributed by atoms with Crippen molar-refractivity contribution in [2.24, 2.45) is 0 Å². The molecule has 0 unspecified atom stereocenters. The Morgan fingerprint density at radius 3 is 1.80 bits per heavy atom. The fourth-order valence-corrected chi connectivity index (χ4v) is 10.6. The van der Waals surface area contributed by atoms with Gasteiger partial charge in [-0.25, -0.2) is 0 Å². The Morgan fingerprint density at radius 1 is 0.345 bits per heavy atom. The molecule has 0 bridgehead atoms. The molecule has 9 aromatic carbocycles. The summed E-state index contributed by atoms with van der Waals surface area (Å²) in [6.45, 7) is 0. The van der Waals surface area contributed by atoms with Gasteiger partial charge in [-0.3, -0.25) is 0 Å². The van der Waals surface area contributed by atoms with Crippen LogP contribution in [0, 0.1) is 0 Å². The third-order valence-corrected chi connectivity index (χ3v) is 13.2. The monoisotopic (exact) mass is 735 g/mol. The van der Waals surface area contributed by atoms with E-state index in [1.165, 1.54) is 90.2 Å². The van der Waals surface area contributed by atoms with E-state index < -0.39 is 0 Å². The second-order valence-corrected chi connectivity index (χ2v) is 16.2. The summed E-state index contributed by atoms with van der Waals surface area (Å²) in [5.41, 5.74) is 10.6. The van der Waals surface area contributed by atoms with E-state index in [0.29, 0.717) is 0 Å². The Labute approximate surface area is 327 Å². The quantitative estimate of drug-likeness (QED) is 0.164. The Balaban J connectivity index is 1.21. The van der Waals surface area contributed by atoms with Gasteiger partial charge in [-0.05, 0) is 87.1 Å². The molecule has 11 rings (SSSR count). The minimum atomic E-state index is 1.11. The SMILES string of the molecule is c1ccc(-c2ccc(N(c3cccc(-c4ccccc4)c3-c3ccc4sc5ccc6ccccc6c5c4c3)c3cccc4c3sc3ccccc34)cc2)cc1. The van der Waals surface area contributed by atoms with Crippen molar-refractivity contribution in [1.29, 1.82) is 0 Å². The van der Waals surface area contributed by atoms with E-state index in [0.717, 1.165) is 11.4 Å². The summed E-state index contributed by atoms with van der Waals surface area (Å²) in [4.78, 5) is 2.50. The van der Waals surface area contributed by atoms with E-state index in [1.807, 2.05) is 22.7 Å². The highest BCUT2D eigenvalue weighted by atomic mass is 32.1. The highest BCUT2D eigenvalue weighted by Gasteiger charge is 2.24. The highest BCUT2D eigenvalue weighted by molar-refractivity contribution is 7.26. The average molecular weight is 736 g/mol. The molecule has 0 amide bonds. The highest BCUT2D eigenvalue weighted by Crippen LogP contribution is 2.50. The summed E-state index contributed by atoms with van der Waals surface area (Å²) < 4.78 is 5.19. The van der Waals surface area contributed by atoms with Crippen LogP contribution < -0.4 is 4.90 Å². The van der Waals surface area contributed by atoms with E-state index in [2.05, 4.69) is 205 Å². The molecule has 0 saturated heterocycles. The minimum Gasteiger partial charge on any atom is -0.308 e. The van der Waals surface area contributed by atoms with Crippen LogP contribution in [0.1, 0.15) is 0 Å². The maximum absolute atomic E-state index is 2.50. The lowest BCUT2D eigenvalue weighted by Gasteiger charge is -2.30. The van der Waals surface area contributed by atoms with Crippen LogP contribution in [0.5, 0.6) is 0 Å². The first-order valence-electron chi connectivity index (χ1n) is 18.7. The van der Waals surface area contributed by atoms with Crippen molar-refractivity contribution >= 4 is 90.9 Å². The van der Waals surface area contributed by atoms with Gasteiger partial charge in [-0.15, -0.1) is 22.7 Å². The minimum absolute atomic E-state index is 1.11. The first kappa shape index (κ1) is 32.0. The largest absolute Gasteiger partial charge is 0.308 e. The van der Waals surface area contributed by atoms with Gasteiger partial charge in [0.25, 0.3) is 0 Å². The second kappa shape index (κ2) is 13.1. The zero-order valence-corrected chi connectivity index (χ0v) is 31.4. The number of rotatable bonds is 6. The fourth-order valence-electron chi connectivity index (χ4n) is 8.34. The Hall–Kier alpha value is -6.52. The van der Waals surface area contributed by atoms with Crippen molar-refractivity contribution in [2.75, 3.05) is 4.90 Å². The number of fused-ring (bicyclic) bond motifs is 8. The number of nitrogens with zero attached hydrogens (tertiary/aromatic N) is 1. The third-order valence-electron chi connectivity index (χ3n) is 10.9. The van der Waals surface area contributed by atoms with Crippen molar-refractivity contribution in [1.82, 2.24) is 0 Å². The van der Waals surface area contributed by atoms with Crippen LogP contribution in [-0.2, 0) is 0 Å². The van der Waals surface area contributed by atoms with Crippen LogP contribution in [0.25, 0.3) is 84.5 Å². The number of thiophene rings is 2. The average Bonchev–Trinajstić information content (AvgIpc) is 3.83. The standard InChI is InChI=1S/C52H33NS2/c1-3-13-34(14-4-1)35-25-29-39(30-26-35)53(46-23-12-21-43-42-19-9-10-24-47(42)55-52(43)46)45-22-11-20-40(36-15-5-2-6-16-36)50(45)38-28-31-48-44(33-38)51-41-18-8-7-17-37(41)27-32-49(51)54-48/h1-33H. The summed E-state index contributed by atoms with van der Waals surface area (Å²) >= 11 is 3.75. The first-order valence-corrected chi connectivity index (χ1v) is 20.3. The van der Waals surface area contributed by atoms with Crippen LogP contribution in [0.2, 0.25) is 0 Å². The molecule has 0 fully saturated rings. The lowest BCUT2D eigenvalue weighted by Crippen LogP contribution is -2.12. The van der Waals surface area contributed by atoms with Gasteiger partial charge in [0.1, 0.15) is 0 Å². The summed E-state index contributed by atoms with van der Waals surface area (Å²) in [5.74, 6) is 0. The molecule has 2 aromatic heterocycles. The Kier molecular flexibility index (Phi) is 7.61. The Bertz CT molecular complexity index is 3190. The van der Waals surface area contributed by atoms with Crippen LogP contribution in [-0.4, -0.2) is 0 Å². The molecule has 2 heterocycles. The Morgan fingerprint density at radius 2 is 0.964 bits per heavy atom. The molecule has 0 aliphatic carbocycles. The van der Waals surface area contributed by atoms with Gasteiger partial charge in [0.15, 0.2) is 0 Å². The molecule has 0 aliphatic heterocycles. The maximum atomic E-state index is 2.50. The van der Waals surface area contributed by atoms with Gasteiger partial charge in [0, 0.05) is 46.9 Å². The zero-order chi connectivity index (χ0) is 36.3. The van der Waals surface area contributed by atoms with E-state index in [4.69, 9.17) is 0 Å². The van der Waals surface area contributed by atoms with E-state index >= 15 is 0 Å². The fraction of sp³-hybridized carbons (Fsp3) is 0.